The zero-order chi connectivity index (χ0) is 25.7. The van der Waals surface area contributed by atoms with Crippen LogP contribution in [0.3, 0.4) is 0 Å². The SMILES string of the molecule is CCCCC1(CC)CCCN(c2ccc(C3=C(c4ccccc4)CCCc4cc(O)ccc43)cc2)CC1. The largest absolute Gasteiger partial charge is 0.508 e. The van der Waals surface area contributed by atoms with Crippen molar-refractivity contribution in [3.63, 3.8) is 0 Å². The van der Waals surface area contributed by atoms with Gasteiger partial charge in [0.05, 0.1) is 0 Å². The quantitative estimate of drug-likeness (QED) is 0.354. The summed E-state index contributed by atoms with van der Waals surface area (Å²) in [5.74, 6) is 0.361. The Balaban J connectivity index is 1.47. The zero-order valence-corrected chi connectivity index (χ0v) is 22.8. The number of phenols is 1. The van der Waals surface area contributed by atoms with Crippen LogP contribution in [0.2, 0.25) is 0 Å². The molecule has 1 unspecified atom stereocenters. The maximum absolute atomic E-state index is 10.2. The number of nitrogens with zero attached hydrogens (tertiary/aromatic N) is 1. The molecule has 1 aliphatic carbocycles. The third-order valence-corrected chi connectivity index (χ3v) is 9.03. The van der Waals surface area contributed by atoms with E-state index in [1.54, 1.807) is 0 Å². The van der Waals surface area contributed by atoms with Crippen molar-refractivity contribution >= 4 is 16.8 Å². The highest BCUT2D eigenvalue weighted by Crippen LogP contribution is 2.42. The minimum absolute atomic E-state index is 0.361. The molecule has 1 fully saturated rings. The van der Waals surface area contributed by atoms with E-state index in [2.05, 4.69) is 79.4 Å². The highest BCUT2D eigenvalue weighted by molar-refractivity contribution is 6.00. The predicted octanol–water partition coefficient (Wildman–Crippen LogP) is 9.26. The lowest BCUT2D eigenvalue weighted by atomic mass is 9.74. The first-order valence-corrected chi connectivity index (χ1v) is 14.6. The first kappa shape index (κ1) is 25.6. The lowest BCUT2D eigenvalue weighted by Crippen LogP contribution is -2.26. The van der Waals surface area contributed by atoms with Crippen LogP contribution in [0.4, 0.5) is 5.69 Å². The number of benzene rings is 3. The average molecular weight is 494 g/mol. The van der Waals surface area contributed by atoms with Crippen LogP contribution in [0.5, 0.6) is 5.75 Å². The van der Waals surface area contributed by atoms with Crippen molar-refractivity contribution in [2.45, 2.75) is 78.1 Å². The van der Waals surface area contributed by atoms with Gasteiger partial charge in [-0.05, 0) is 108 Å². The van der Waals surface area contributed by atoms with E-state index in [0.717, 1.165) is 32.4 Å². The number of hydrogen-bond acceptors (Lipinski definition) is 2. The molecule has 3 aromatic rings. The molecule has 1 N–H and O–H groups in total. The molecule has 0 radical (unpaired) electrons. The van der Waals surface area contributed by atoms with E-state index in [4.69, 9.17) is 0 Å². The second-order valence-electron chi connectivity index (χ2n) is 11.3. The molecule has 3 aromatic carbocycles. The Morgan fingerprint density at radius 2 is 1.62 bits per heavy atom. The fraction of sp³-hybridized carbons (Fsp3) is 0.429. The summed E-state index contributed by atoms with van der Waals surface area (Å²) < 4.78 is 0. The Labute approximate surface area is 224 Å². The lowest BCUT2D eigenvalue weighted by Gasteiger charge is -2.32. The number of aryl methyl sites for hydroxylation is 1. The summed E-state index contributed by atoms with van der Waals surface area (Å²) in [5.41, 5.74) is 9.72. The maximum atomic E-state index is 10.2. The van der Waals surface area contributed by atoms with E-state index >= 15 is 0 Å². The molecule has 2 aliphatic rings. The van der Waals surface area contributed by atoms with Crippen LogP contribution < -0.4 is 4.90 Å². The Bertz CT molecular complexity index is 1210. The summed E-state index contributed by atoms with van der Waals surface area (Å²) in [6, 6.07) is 26.2. The Morgan fingerprint density at radius 1 is 0.811 bits per heavy atom. The van der Waals surface area contributed by atoms with Crippen molar-refractivity contribution < 1.29 is 5.11 Å². The molecular formula is C35H43NO. The number of aromatic hydroxyl groups is 1. The molecule has 0 saturated carbocycles. The summed E-state index contributed by atoms with van der Waals surface area (Å²) in [6.45, 7) is 7.05. The molecule has 5 rings (SSSR count). The third kappa shape index (κ3) is 5.64. The van der Waals surface area contributed by atoms with Gasteiger partial charge in [0, 0.05) is 18.8 Å². The van der Waals surface area contributed by atoms with Crippen LogP contribution in [0, 0.1) is 5.41 Å². The van der Waals surface area contributed by atoms with Gasteiger partial charge in [0.1, 0.15) is 5.75 Å². The molecule has 1 heterocycles. The summed E-state index contributed by atoms with van der Waals surface area (Å²) in [6.07, 6.45) is 12.5. The molecule has 0 spiro atoms. The number of unbranched alkanes of at least 4 members (excludes halogenated alkanes) is 1. The third-order valence-electron chi connectivity index (χ3n) is 9.03. The second-order valence-corrected chi connectivity index (χ2v) is 11.3. The van der Waals surface area contributed by atoms with E-state index in [9.17, 15) is 5.11 Å². The molecule has 0 aromatic heterocycles. The average Bonchev–Trinajstić information content (AvgIpc) is 3.27. The van der Waals surface area contributed by atoms with E-state index in [-0.39, 0.29) is 0 Å². The van der Waals surface area contributed by atoms with Crippen LogP contribution in [0.1, 0.15) is 93.9 Å². The van der Waals surface area contributed by atoms with Gasteiger partial charge in [-0.25, -0.2) is 0 Å². The molecule has 1 atom stereocenters. The second kappa shape index (κ2) is 11.6. The van der Waals surface area contributed by atoms with E-state index < -0.39 is 0 Å². The van der Waals surface area contributed by atoms with Gasteiger partial charge in [-0.1, -0.05) is 81.6 Å². The van der Waals surface area contributed by atoms with Gasteiger partial charge in [-0.15, -0.1) is 0 Å². The molecule has 2 heteroatoms. The van der Waals surface area contributed by atoms with Gasteiger partial charge in [0.2, 0.25) is 0 Å². The summed E-state index contributed by atoms with van der Waals surface area (Å²) >= 11 is 0. The normalized spacial score (nSPS) is 20.3. The van der Waals surface area contributed by atoms with Crippen molar-refractivity contribution in [2.75, 3.05) is 18.0 Å². The summed E-state index contributed by atoms with van der Waals surface area (Å²) in [4.78, 5) is 2.62. The minimum Gasteiger partial charge on any atom is -0.508 e. The van der Waals surface area contributed by atoms with Crippen molar-refractivity contribution in [2.24, 2.45) is 5.41 Å². The molecule has 37 heavy (non-hydrogen) atoms. The van der Waals surface area contributed by atoms with Crippen molar-refractivity contribution in [3.05, 3.63) is 95.1 Å². The summed E-state index contributed by atoms with van der Waals surface area (Å²) in [7, 11) is 0. The molecule has 194 valence electrons. The number of rotatable bonds is 7. The Morgan fingerprint density at radius 3 is 2.38 bits per heavy atom. The lowest BCUT2D eigenvalue weighted by molar-refractivity contribution is 0.214. The number of hydrogen-bond donors (Lipinski definition) is 1. The van der Waals surface area contributed by atoms with Crippen LogP contribution in [0.25, 0.3) is 11.1 Å². The van der Waals surface area contributed by atoms with Crippen molar-refractivity contribution in [1.29, 1.82) is 0 Å². The summed E-state index contributed by atoms with van der Waals surface area (Å²) in [5, 5.41) is 10.2. The number of fused-ring (bicyclic) bond motifs is 1. The topological polar surface area (TPSA) is 23.5 Å². The van der Waals surface area contributed by atoms with Gasteiger partial charge < -0.3 is 10.0 Å². The maximum Gasteiger partial charge on any atom is 0.115 e. The van der Waals surface area contributed by atoms with Gasteiger partial charge in [0.25, 0.3) is 0 Å². The van der Waals surface area contributed by atoms with Gasteiger partial charge >= 0.3 is 0 Å². The Hall–Kier alpha value is -3.00. The van der Waals surface area contributed by atoms with Gasteiger partial charge in [-0.2, -0.15) is 0 Å². The highest BCUT2D eigenvalue weighted by Gasteiger charge is 2.30. The first-order valence-electron chi connectivity index (χ1n) is 14.6. The van der Waals surface area contributed by atoms with E-state index in [1.165, 1.54) is 84.0 Å². The smallest absolute Gasteiger partial charge is 0.115 e. The van der Waals surface area contributed by atoms with Gasteiger partial charge in [-0.3, -0.25) is 0 Å². The molecular weight excluding hydrogens is 450 g/mol. The standard InChI is InChI=1S/C35H43NO/c1-3-5-21-35(4-2)22-10-24-36(25-23-35)30-17-15-28(16-18-30)34-32(27-11-7-6-8-12-27)14-9-13-29-26-31(37)19-20-33(29)34/h6-8,11-12,15-20,26,37H,3-5,9-10,13-14,21-25H2,1-2H3. The van der Waals surface area contributed by atoms with Gasteiger partial charge in [0.15, 0.2) is 0 Å². The first-order chi connectivity index (χ1) is 18.1. The van der Waals surface area contributed by atoms with Crippen molar-refractivity contribution in [1.82, 2.24) is 0 Å². The molecule has 0 amide bonds. The molecule has 1 saturated heterocycles. The van der Waals surface area contributed by atoms with Crippen LogP contribution in [-0.2, 0) is 6.42 Å². The van der Waals surface area contributed by atoms with Crippen LogP contribution >= 0.6 is 0 Å². The van der Waals surface area contributed by atoms with E-state index in [1.807, 2.05) is 12.1 Å². The highest BCUT2D eigenvalue weighted by atomic mass is 16.3. The molecule has 1 aliphatic heterocycles. The minimum atomic E-state index is 0.361. The monoisotopic (exact) mass is 493 g/mol. The number of anilines is 1. The Kier molecular flexibility index (Phi) is 8.03. The fourth-order valence-electron chi connectivity index (χ4n) is 6.71. The van der Waals surface area contributed by atoms with Crippen LogP contribution in [-0.4, -0.2) is 18.2 Å². The van der Waals surface area contributed by atoms with Crippen LogP contribution in [0.15, 0.2) is 72.8 Å². The number of allylic oxidation sites excluding steroid dienone is 1. The number of phenolic OH excluding ortho intramolecular Hbond substituents is 1. The zero-order valence-electron chi connectivity index (χ0n) is 22.8. The fourth-order valence-corrected chi connectivity index (χ4v) is 6.71. The molecule has 0 bridgehead atoms. The molecule has 2 nitrogen and oxygen atoms in total. The van der Waals surface area contributed by atoms with E-state index in [0.29, 0.717) is 11.2 Å². The van der Waals surface area contributed by atoms with Crippen molar-refractivity contribution in [3.8, 4) is 5.75 Å². The predicted molar refractivity (Wildman–Crippen MR) is 158 cm³/mol.